The van der Waals surface area contributed by atoms with Gasteiger partial charge in [0.25, 0.3) is 11.5 Å². The largest absolute Gasteiger partial charge is 0.352 e. The fourth-order valence-corrected chi connectivity index (χ4v) is 3.73. The molecule has 1 saturated carbocycles. The highest BCUT2D eigenvalue weighted by atomic mass is 16.2. The van der Waals surface area contributed by atoms with Crippen molar-refractivity contribution < 1.29 is 9.59 Å². The molecule has 0 aromatic carbocycles. The summed E-state index contributed by atoms with van der Waals surface area (Å²) in [4.78, 5) is 40.8. The Balaban J connectivity index is 1.89. The molecule has 3 heterocycles. The Kier molecular flexibility index (Phi) is 4.55. The van der Waals surface area contributed by atoms with Gasteiger partial charge in [-0.25, -0.2) is 0 Å². The molecule has 2 aromatic heterocycles. The van der Waals surface area contributed by atoms with Crippen LogP contribution in [-0.2, 0) is 23.3 Å². The van der Waals surface area contributed by atoms with Crippen molar-refractivity contribution in [3.8, 4) is 0 Å². The molecule has 1 aliphatic carbocycles. The number of amides is 2. The maximum absolute atomic E-state index is 13.2. The van der Waals surface area contributed by atoms with Crippen LogP contribution in [0.3, 0.4) is 0 Å². The van der Waals surface area contributed by atoms with Crippen molar-refractivity contribution in [2.45, 2.75) is 84.5 Å². The van der Waals surface area contributed by atoms with E-state index in [-0.39, 0.29) is 48.0 Å². The summed E-state index contributed by atoms with van der Waals surface area (Å²) in [5.74, 6) is -0.333. The van der Waals surface area contributed by atoms with Crippen molar-refractivity contribution in [2.24, 2.45) is 0 Å². The molecule has 1 fully saturated rings. The predicted molar refractivity (Wildman–Crippen MR) is 109 cm³/mol. The zero-order chi connectivity index (χ0) is 21.1. The number of hydrogen-bond donors (Lipinski definition) is 1. The number of fused-ring (bicyclic) bond motifs is 2. The molecular formula is C21H29N5O3. The molecule has 8 heteroatoms. The smallest absolute Gasteiger partial charge is 0.280 e. The highest BCUT2D eigenvalue weighted by Gasteiger charge is 2.37. The summed E-state index contributed by atoms with van der Waals surface area (Å²) in [5, 5.41) is 7.52. The molecule has 1 N–H and O–H groups in total. The molecule has 0 radical (unpaired) electrons. The number of aromatic nitrogens is 3. The van der Waals surface area contributed by atoms with E-state index in [1.807, 2.05) is 40.7 Å². The average Bonchev–Trinajstić information content (AvgIpc) is 3.21. The van der Waals surface area contributed by atoms with Crippen molar-refractivity contribution in [3.05, 3.63) is 33.4 Å². The van der Waals surface area contributed by atoms with Crippen LogP contribution in [0.15, 0.2) is 10.9 Å². The van der Waals surface area contributed by atoms with Crippen LogP contribution >= 0.6 is 0 Å². The van der Waals surface area contributed by atoms with E-state index >= 15 is 0 Å². The van der Waals surface area contributed by atoms with Gasteiger partial charge in [-0.3, -0.25) is 14.4 Å². The quantitative estimate of drug-likeness (QED) is 0.831. The second-order valence-corrected chi connectivity index (χ2v) is 9.30. The standard InChI is InChI=1S/C21H29N5O3/c1-6-12(2)24-10-14-18(20(24)29)25(11-16(27)22-13-7-8-13)17-9-15(21(3,4)5)23-26(17)19(14)28/h9,12-13H,6-8,10-11H2,1-5H3,(H,22,27)/t12-/m1/s1. The molecule has 0 saturated heterocycles. The third-order valence-corrected chi connectivity index (χ3v) is 5.90. The highest BCUT2D eigenvalue weighted by Crippen LogP contribution is 2.27. The zero-order valence-electron chi connectivity index (χ0n) is 17.8. The first-order valence-corrected chi connectivity index (χ1v) is 10.4. The Morgan fingerprint density at radius 1 is 1.31 bits per heavy atom. The third-order valence-electron chi connectivity index (χ3n) is 5.90. The van der Waals surface area contributed by atoms with Crippen LogP contribution in [0, 0.1) is 0 Å². The van der Waals surface area contributed by atoms with Crippen LogP contribution in [0.4, 0.5) is 0 Å². The lowest BCUT2D eigenvalue weighted by atomic mass is 9.93. The van der Waals surface area contributed by atoms with Gasteiger partial charge >= 0.3 is 0 Å². The Bertz CT molecular complexity index is 1050. The highest BCUT2D eigenvalue weighted by molar-refractivity contribution is 5.98. The number of nitrogens with zero attached hydrogens (tertiary/aromatic N) is 4. The van der Waals surface area contributed by atoms with Crippen molar-refractivity contribution >= 4 is 17.5 Å². The van der Waals surface area contributed by atoms with E-state index in [4.69, 9.17) is 0 Å². The van der Waals surface area contributed by atoms with Gasteiger partial charge in [-0.05, 0) is 26.2 Å². The van der Waals surface area contributed by atoms with Crippen molar-refractivity contribution in [3.63, 3.8) is 0 Å². The summed E-state index contributed by atoms with van der Waals surface area (Å²) >= 11 is 0. The van der Waals surface area contributed by atoms with Crippen molar-refractivity contribution in [2.75, 3.05) is 0 Å². The minimum absolute atomic E-state index is 0.00201. The lowest BCUT2D eigenvalue weighted by molar-refractivity contribution is -0.121. The van der Waals surface area contributed by atoms with E-state index in [1.54, 1.807) is 9.47 Å². The van der Waals surface area contributed by atoms with E-state index in [2.05, 4.69) is 10.4 Å². The minimum atomic E-state index is -0.275. The van der Waals surface area contributed by atoms with Crippen molar-refractivity contribution in [1.29, 1.82) is 0 Å². The number of hydrogen-bond acceptors (Lipinski definition) is 4. The summed E-state index contributed by atoms with van der Waals surface area (Å²) < 4.78 is 3.04. The maximum Gasteiger partial charge on any atom is 0.280 e. The molecule has 2 amide bonds. The molecule has 1 aliphatic heterocycles. The van der Waals surface area contributed by atoms with Gasteiger partial charge in [0.15, 0.2) is 0 Å². The molecule has 29 heavy (non-hydrogen) atoms. The lowest BCUT2D eigenvalue weighted by Crippen LogP contribution is -2.35. The molecule has 4 rings (SSSR count). The zero-order valence-corrected chi connectivity index (χ0v) is 17.8. The number of carbonyl (C=O) groups is 2. The van der Waals surface area contributed by atoms with Crippen LogP contribution in [0.5, 0.6) is 0 Å². The monoisotopic (exact) mass is 399 g/mol. The first-order valence-electron chi connectivity index (χ1n) is 10.4. The molecule has 1 atom stereocenters. The molecule has 8 nitrogen and oxygen atoms in total. The summed E-state index contributed by atoms with van der Waals surface area (Å²) in [6, 6.07) is 2.07. The van der Waals surface area contributed by atoms with E-state index in [1.165, 1.54) is 4.52 Å². The topological polar surface area (TPSA) is 88.7 Å². The fourth-order valence-electron chi connectivity index (χ4n) is 3.73. The van der Waals surface area contributed by atoms with Gasteiger partial charge in [-0.1, -0.05) is 27.7 Å². The lowest BCUT2D eigenvalue weighted by Gasteiger charge is -2.22. The minimum Gasteiger partial charge on any atom is -0.352 e. The molecule has 2 aromatic rings. The maximum atomic E-state index is 13.2. The Morgan fingerprint density at radius 2 is 2.00 bits per heavy atom. The number of nitrogens with one attached hydrogen (secondary N) is 1. The van der Waals surface area contributed by atoms with Gasteiger partial charge in [-0.2, -0.15) is 9.61 Å². The molecule has 0 unspecified atom stereocenters. The van der Waals surface area contributed by atoms with Crippen LogP contribution in [-0.4, -0.2) is 43.0 Å². The van der Waals surface area contributed by atoms with Gasteiger partial charge in [0, 0.05) is 23.6 Å². The fraction of sp³-hybridized carbons (Fsp3) is 0.619. The van der Waals surface area contributed by atoms with Gasteiger partial charge in [0.05, 0.1) is 17.8 Å². The summed E-state index contributed by atoms with van der Waals surface area (Å²) in [5.41, 5.74) is 1.46. The normalized spacial score (nSPS) is 17.7. The summed E-state index contributed by atoms with van der Waals surface area (Å²) in [6.45, 7) is 10.3. The Hall–Kier alpha value is -2.64. The van der Waals surface area contributed by atoms with E-state index in [9.17, 15) is 14.4 Å². The van der Waals surface area contributed by atoms with Gasteiger partial charge in [-0.15, -0.1) is 0 Å². The van der Waals surface area contributed by atoms with Crippen LogP contribution in [0.2, 0.25) is 0 Å². The average molecular weight is 399 g/mol. The van der Waals surface area contributed by atoms with E-state index < -0.39 is 0 Å². The molecule has 2 aliphatic rings. The van der Waals surface area contributed by atoms with Crippen molar-refractivity contribution in [1.82, 2.24) is 24.4 Å². The Labute approximate surface area is 169 Å². The third kappa shape index (κ3) is 3.34. The Morgan fingerprint density at radius 3 is 2.59 bits per heavy atom. The van der Waals surface area contributed by atoms with Crippen LogP contribution in [0.1, 0.15) is 75.6 Å². The van der Waals surface area contributed by atoms with Crippen LogP contribution in [0.25, 0.3) is 5.65 Å². The van der Waals surface area contributed by atoms with Gasteiger partial charge < -0.3 is 14.8 Å². The van der Waals surface area contributed by atoms with E-state index in [0.29, 0.717) is 16.9 Å². The first kappa shape index (κ1) is 19.7. The second kappa shape index (κ2) is 6.71. The van der Waals surface area contributed by atoms with E-state index in [0.717, 1.165) is 25.0 Å². The second-order valence-electron chi connectivity index (χ2n) is 9.30. The summed E-state index contributed by atoms with van der Waals surface area (Å²) in [6.07, 6.45) is 2.78. The molecule has 0 spiro atoms. The SMILES string of the molecule is CC[C@@H](C)N1Cc2c(n(CC(=O)NC3CC3)c3cc(C(C)(C)C)nn3c2=O)C1=O. The number of carbonyl (C=O) groups excluding carboxylic acids is 2. The van der Waals surface area contributed by atoms with Gasteiger partial charge in [0.1, 0.15) is 17.9 Å². The van der Waals surface area contributed by atoms with Crippen LogP contribution < -0.4 is 10.9 Å². The molecular weight excluding hydrogens is 370 g/mol. The first-order chi connectivity index (χ1) is 13.6. The molecule has 156 valence electrons. The molecule has 0 bridgehead atoms. The predicted octanol–water partition coefficient (Wildman–Crippen LogP) is 1.83. The van der Waals surface area contributed by atoms with Gasteiger partial charge in [0.2, 0.25) is 5.91 Å². The number of rotatable bonds is 5. The summed E-state index contributed by atoms with van der Waals surface area (Å²) in [7, 11) is 0.